The molecule has 0 amide bonds. The van der Waals surface area contributed by atoms with Crippen molar-refractivity contribution in [3.05, 3.63) is 0 Å². The quantitative estimate of drug-likeness (QED) is 0.700. The van der Waals surface area contributed by atoms with Crippen LogP contribution in [-0.2, 0) is 10.0 Å². The molecule has 0 aromatic heterocycles. The topological polar surface area (TPSA) is 72.2 Å². The molecule has 0 bridgehead atoms. The van der Waals surface area contributed by atoms with Crippen molar-refractivity contribution < 1.29 is 8.42 Å². The molecule has 5 heteroatoms. The molecule has 1 fully saturated rings. The predicted molar refractivity (Wildman–Crippen MR) is 57.3 cm³/mol. The zero-order chi connectivity index (χ0) is 10.6. The Labute approximate surface area is 86.3 Å². The van der Waals surface area contributed by atoms with E-state index in [1.165, 1.54) is 6.42 Å². The molecule has 2 unspecified atom stereocenters. The van der Waals surface area contributed by atoms with Crippen molar-refractivity contribution in [3.63, 3.8) is 0 Å². The summed E-state index contributed by atoms with van der Waals surface area (Å²) in [4.78, 5) is 0. The molecule has 1 aliphatic rings. The van der Waals surface area contributed by atoms with Crippen LogP contribution in [-0.4, -0.2) is 27.3 Å². The van der Waals surface area contributed by atoms with Gasteiger partial charge in [-0.15, -0.1) is 0 Å². The van der Waals surface area contributed by atoms with E-state index in [0.29, 0.717) is 24.9 Å². The molecule has 0 aromatic rings. The lowest BCUT2D eigenvalue weighted by atomic mass is 9.97. The average molecular weight is 220 g/mol. The fourth-order valence-corrected chi connectivity index (χ4v) is 2.70. The summed E-state index contributed by atoms with van der Waals surface area (Å²) in [6.07, 6.45) is 3.43. The van der Waals surface area contributed by atoms with E-state index in [-0.39, 0.29) is 5.75 Å². The third-order valence-electron chi connectivity index (χ3n) is 3.06. The molecule has 0 aromatic carbocycles. The van der Waals surface area contributed by atoms with Crippen LogP contribution in [0.5, 0.6) is 0 Å². The van der Waals surface area contributed by atoms with Crippen molar-refractivity contribution in [1.82, 2.24) is 4.72 Å². The van der Waals surface area contributed by atoms with Gasteiger partial charge in [0.1, 0.15) is 0 Å². The molecular weight excluding hydrogens is 200 g/mol. The van der Waals surface area contributed by atoms with Crippen molar-refractivity contribution in [1.29, 1.82) is 0 Å². The van der Waals surface area contributed by atoms with Crippen LogP contribution in [0.2, 0.25) is 0 Å². The van der Waals surface area contributed by atoms with Gasteiger partial charge in [0.05, 0.1) is 5.75 Å². The van der Waals surface area contributed by atoms with E-state index in [1.807, 2.05) is 0 Å². The molecule has 0 saturated heterocycles. The van der Waals surface area contributed by atoms with Gasteiger partial charge in [-0.25, -0.2) is 13.1 Å². The highest BCUT2D eigenvalue weighted by Gasteiger charge is 2.26. The van der Waals surface area contributed by atoms with E-state index in [2.05, 4.69) is 4.72 Å². The third kappa shape index (κ3) is 3.22. The van der Waals surface area contributed by atoms with Gasteiger partial charge in [-0.3, -0.25) is 0 Å². The van der Waals surface area contributed by atoms with Gasteiger partial charge in [0, 0.05) is 6.54 Å². The van der Waals surface area contributed by atoms with E-state index in [9.17, 15) is 8.42 Å². The van der Waals surface area contributed by atoms with Gasteiger partial charge in [0.2, 0.25) is 10.0 Å². The molecule has 0 spiro atoms. The van der Waals surface area contributed by atoms with Crippen molar-refractivity contribution in [3.8, 4) is 0 Å². The Bertz CT molecular complexity index is 264. The maximum Gasteiger partial charge on any atom is 0.211 e. The number of rotatable bonds is 5. The highest BCUT2D eigenvalue weighted by Crippen LogP contribution is 2.30. The van der Waals surface area contributed by atoms with E-state index in [4.69, 9.17) is 5.73 Å². The Hall–Kier alpha value is -0.130. The van der Waals surface area contributed by atoms with E-state index < -0.39 is 10.0 Å². The van der Waals surface area contributed by atoms with Crippen molar-refractivity contribution in [2.24, 2.45) is 17.6 Å². The van der Waals surface area contributed by atoms with Crippen molar-refractivity contribution >= 4 is 10.0 Å². The van der Waals surface area contributed by atoms with Crippen LogP contribution in [0.1, 0.15) is 26.2 Å². The summed E-state index contributed by atoms with van der Waals surface area (Å²) in [6, 6.07) is 0. The van der Waals surface area contributed by atoms with Crippen LogP contribution in [0.3, 0.4) is 0 Å². The Balaban J connectivity index is 2.38. The summed E-state index contributed by atoms with van der Waals surface area (Å²) in [5, 5.41) is 0. The minimum atomic E-state index is -3.03. The lowest BCUT2D eigenvalue weighted by molar-refractivity contribution is 0.393. The number of nitrogens with one attached hydrogen (secondary N) is 1. The van der Waals surface area contributed by atoms with Gasteiger partial charge in [-0.1, -0.05) is 6.42 Å². The smallest absolute Gasteiger partial charge is 0.211 e. The first-order chi connectivity index (χ1) is 6.59. The van der Waals surface area contributed by atoms with Crippen LogP contribution in [0.15, 0.2) is 0 Å². The van der Waals surface area contributed by atoms with Crippen molar-refractivity contribution in [2.75, 3.05) is 18.8 Å². The monoisotopic (exact) mass is 220 g/mol. The van der Waals surface area contributed by atoms with Crippen LogP contribution >= 0.6 is 0 Å². The highest BCUT2D eigenvalue weighted by molar-refractivity contribution is 7.89. The molecule has 1 aliphatic carbocycles. The number of nitrogens with two attached hydrogens (primary N) is 1. The van der Waals surface area contributed by atoms with Gasteiger partial charge < -0.3 is 5.73 Å². The van der Waals surface area contributed by atoms with Crippen LogP contribution in [0.4, 0.5) is 0 Å². The average Bonchev–Trinajstić information content (AvgIpc) is 2.62. The fraction of sp³-hybridized carbons (Fsp3) is 1.00. The standard InChI is InChI=1S/C9H20N2O2S/c1-2-14(12,13)11-7-9-5-3-4-8(9)6-10/h8-9,11H,2-7,10H2,1H3. The van der Waals surface area contributed by atoms with E-state index >= 15 is 0 Å². The predicted octanol–water partition coefficient (Wildman–Crippen LogP) is 0.301. The summed E-state index contributed by atoms with van der Waals surface area (Å²) in [7, 11) is -3.03. The molecular formula is C9H20N2O2S. The summed E-state index contributed by atoms with van der Waals surface area (Å²) in [6.45, 7) is 2.90. The second kappa shape index (κ2) is 5.09. The lowest BCUT2D eigenvalue weighted by Crippen LogP contribution is -2.33. The highest BCUT2D eigenvalue weighted by atomic mass is 32.2. The number of sulfonamides is 1. The zero-order valence-electron chi connectivity index (χ0n) is 8.70. The van der Waals surface area contributed by atoms with Crippen LogP contribution in [0, 0.1) is 11.8 Å². The summed E-state index contributed by atoms with van der Waals surface area (Å²) < 4.78 is 25.0. The SMILES string of the molecule is CCS(=O)(=O)NCC1CCCC1CN. The minimum absolute atomic E-state index is 0.160. The Morgan fingerprint density at radius 2 is 2.00 bits per heavy atom. The first kappa shape index (κ1) is 11.9. The second-order valence-corrected chi connectivity index (χ2v) is 6.03. The third-order valence-corrected chi connectivity index (χ3v) is 4.43. The van der Waals surface area contributed by atoms with Gasteiger partial charge in [0.25, 0.3) is 0 Å². The second-order valence-electron chi connectivity index (χ2n) is 3.94. The summed E-state index contributed by atoms with van der Waals surface area (Å²) in [5.41, 5.74) is 5.62. The zero-order valence-corrected chi connectivity index (χ0v) is 9.52. The van der Waals surface area contributed by atoms with Crippen LogP contribution in [0.25, 0.3) is 0 Å². The van der Waals surface area contributed by atoms with Crippen LogP contribution < -0.4 is 10.5 Å². The molecule has 0 radical (unpaired) electrons. The summed E-state index contributed by atoms with van der Waals surface area (Å²) >= 11 is 0. The molecule has 84 valence electrons. The largest absolute Gasteiger partial charge is 0.330 e. The van der Waals surface area contributed by atoms with Crippen molar-refractivity contribution in [2.45, 2.75) is 26.2 Å². The molecule has 2 atom stereocenters. The van der Waals surface area contributed by atoms with E-state index in [0.717, 1.165) is 12.8 Å². The molecule has 14 heavy (non-hydrogen) atoms. The Morgan fingerprint density at radius 3 is 2.57 bits per heavy atom. The van der Waals surface area contributed by atoms with Gasteiger partial charge in [0.15, 0.2) is 0 Å². The maximum atomic E-state index is 11.2. The first-order valence-electron chi connectivity index (χ1n) is 5.26. The molecule has 1 rings (SSSR count). The molecule has 0 aliphatic heterocycles. The van der Waals surface area contributed by atoms with Gasteiger partial charge in [-0.05, 0) is 38.1 Å². The Kier molecular flexibility index (Phi) is 4.34. The maximum absolute atomic E-state index is 11.2. The lowest BCUT2D eigenvalue weighted by Gasteiger charge is -2.17. The normalized spacial score (nSPS) is 28.1. The van der Waals surface area contributed by atoms with Gasteiger partial charge >= 0.3 is 0 Å². The summed E-state index contributed by atoms with van der Waals surface area (Å²) in [5.74, 6) is 1.11. The molecule has 4 nitrogen and oxygen atoms in total. The molecule has 3 N–H and O–H groups in total. The Morgan fingerprint density at radius 1 is 1.36 bits per heavy atom. The molecule has 0 heterocycles. The molecule has 1 saturated carbocycles. The number of hydrogen-bond donors (Lipinski definition) is 2. The fourth-order valence-electron chi connectivity index (χ4n) is 2.03. The number of hydrogen-bond acceptors (Lipinski definition) is 3. The minimum Gasteiger partial charge on any atom is -0.330 e. The van der Waals surface area contributed by atoms with Gasteiger partial charge in [-0.2, -0.15) is 0 Å². The first-order valence-corrected chi connectivity index (χ1v) is 6.91. The van der Waals surface area contributed by atoms with E-state index in [1.54, 1.807) is 6.92 Å².